The van der Waals surface area contributed by atoms with Gasteiger partial charge in [0.15, 0.2) is 46.3 Å². The first kappa shape index (κ1) is 109. The van der Waals surface area contributed by atoms with E-state index in [2.05, 4.69) is 79.9 Å². The quantitative estimate of drug-likeness (QED) is 0.0130. The summed E-state index contributed by atoms with van der Waals surface area (Å²) >= 11 is 0. The topological polar surface area (TPSA) is 570 Å². The third-order valence-corrected chi connectivity index (χ3v) is 23.1. The van der Waals surface area contributed by atoms with Crippen molar-refractivity contribution in [3.8, 4) is 5.75 Å². The van der Waals surface area contributed by atoms with Crippen LogP contribution < -0.4 is 86.3 Å². The van der Waals surface area contributed by atoms with E-state index in [1.807, 2.05) is 52.0 Å². The van der Waals surface area contributed by atoms with Crippen molar-refractivity contribution in [2.24, 2.45) is 23.3 Å². The number of hydrogen-bond acceptors (Lipinski definition) is 29. The Balaban J connectivity index is 1.54. The van der Waals surface area contributed by atoms with Crippen molar-refractivity contribution in [1.82, 2.24) is 79.9 Å². The van der Waals surface area contributed by atoms with Crippen LogP contribution in [0.15, 0.2) is 97.2 Å². The maximum absolute atomic E-state index is 15.1. The minimum atomic E-state index is -1.81. The van der Waals surface area contributed by atoms with Crippen LogP contribution in [0.25, 0.3) is 10.9 Å². The number of hydrogen-bond donors (Lipinski definition) is 20. The van der Waals surface area contributed by atoms with E-state index in [9.17, 15) is 82.4 Å². The number of rotatable bonds is 38. The van der Waals surface area contributed by atoms with E-state index in [1.54, 1.807) is 74.6 Å². The van der Waals surface area contributed by atoms with Gasteiger partial charge in [0.25, 0.3) is 0 Å². The lowest BCUT2D eigenvalue weighted by Gasteiger charge is -2.33. The van der Waals surface area contributed by atoms with Crippen molar-refractivity contribution in [1.29, 1.82) is 0 Å². The van der Waals surface area contributed by atoms with Gasteiger partial charge in [0.2, 0.25) is 47.0 Å². The molecule has 36 heteroatoms. The molecule has 15 atom stereocenters. The number of aromatic amines is 1. The number of aliphatic hydroxyl groups is 2. The molecule has 712 valence electrons. The number of H-pyrrole nitrogens is 1. The smallest absolute Gasteiger partial charge is 0.246 e. The number of benzene rings is 3. The lowest BCUT2D eigenvalue weighted by Crippen LogP contribution is -2.64. The zero-order chi connectivity index (χ0) is 95.7. The molecule has 36 nitrogen and oxygen atoms in total. The van der Waals surface area contributed by atoms with Crippen LogP contribution in [0.2, 0.25) is 0 Å². The fourth-order valence-electron chi connectivity index (χ4n) is 14.6. The average Bonchev–Trinajstić information content (AvgIpc) is 1.41. The van der Waals surface area contributed by atoms with Gasteiger partial charge in [-0.25, -0.2) is 21.7 Å². The Morgan fingerprint density at radius 1 is 0.589 bits per heavy atom. The Bertz CT molecular complexity index is 4430. The highest BCUT2D eigenvalue weighted by Gasteiger charge is 2.42. The number of carbonyl (C=O) groups is 16. The Morgan fingerprint density at radius 3 is 1.88 bits per heavy atom. The molecule has 0 radical (unpaired) electrons. The Kier molecular flexibility index (Phi) is 47.2. The number of primary amides is 1. The molecule has 0 saturated carbocycles. The number of fused-ring (bicyclic) bond motifs is 1. The van der Waals surface area contributed by atoms with E-state index in [-0.39, 0.29) is 113 Å². The van der Waals surface area contributed by atoms with Gasteiger partial charge >= 0.3 is 0 Å². The van der Waals surface area contributed by atoms with Gasteiger partial charge in [0, 0.05) is 49.8 Å². The molecule has 1 aromatic heterocycles. The fraction of sp³-hybridized carbons (Fsp3) is 0.591. The summed E-state index contributed by atoms with van der Waals surface area (Å²) in [5.41, 5.74) is 22.1. The van der Waals surface area contributed by atoms with Crippen LogP contribution in [0.1, 0.15) is 203 Å². The highest BCUT2D eigenvalue weighted by Crippen LogP contribution is 2.24. The second-order valence-electron chi connectivity index (χ2n) is 35.1. The second kappa shape index (κ2) is 55.7. The van der Waals surface area contributed by atoms with Gasteiger partial charge < -0.3 is 79.6 Å². The molecule has 6 amide bonds. The molecular formula is C93H141N17O19. The van der Waals surface area contributed by atoms with Crippen molar-refractivity contribution in [3.63, 3.8) is 0 Å². The highest BCUT2D eigenvalue weighted by molar-refractivity contribution is 6.41. The molecule has 0 unspecified atom stereocenters. The van der Waals surface area contributed by atoms with Gasteiger partial charge in [0.05, 0.1) is 112 Å². The number of amides is 6. The Labute approximate surface area is 756 Å². The van der Waals surface area contributed by atoms with E-state index >= 15 is 9.59 Å². The zero-order valence-corrected chi connectivity index (χ0v) is 76.8. The summed E-state index contributed by atoms with van der Waals surface area (Å²) in [4.78, 5) is 228. The van der Waals surface area contributed by atoms with E-state index < -0.39 is 211 Å². The molecule has 5 rings (SSSR count). The molecule has 0 saturated heterocycles. The summed E-state index contributed by atoms with van der Waals surface area (Å²) < 4.78 is 0. The molecule has 3 aromatic carbocycles. The van der Waals surface area contributed by atoms with Crippen molar-refractivity contribution in [2.75, 3.05) is 45.9 Å². The van der Waals surface area contributed by atoms with Gasteiger partial charge in [-0.1, -0.05) is 120 Å². The summed E-state index contributed by atoms with van der Waals surface area (Å²) in [7, 11) is 0. The zero-order valence-electron chi connectivity index (χ0n) is 76.8. The lowest BCUT2D eigenvalue weighted by atomic mass is 9.89. The number of hydrazine groups is 2. The number of aliphatic hydroxyl groups excluding tert-OH is 2. The van der Waals surface area contributed by atoms with E-state index in [0.717, 1.165) is 0 Å². The normalized spacial score (nSPS) is 22.8. The number of Topliss-reactive ketones (excluding diaryl/α,β-unsaturated/α-hetero) is 10. The largest absolute Gasteiger partial charge is 0.508 e. The first-order valence-electron chi connectivity index (χ1n) is 44.9. The monoisotopic (exact) mass is 1800 g/mol. The van der Waals surface area contributed by atoms with Crippen LogP contribution in [0, 0.1) is 11.8 Å². The number of aromatic hydroxyl groups is 1. The van der Waals surface area contributed by atoms with Crippen LogP contribution >= 0.6 is 0 Å². The number of phenols is 1. The first-order valence-corrected chi connectivity index (χ1v) is 44.9. The minimum Gasteiger partial charge on any atom is -0.508 e. The molecule has 0 aliphatic carbocycles. The van der Waals surface area contributed by atoms with Crippen LogP contribution in [-0.4, -0.2) is 249 Å². The molecule has 0 fully saturated rings. The lowest BCUT2D eigenvalue weighted by molar-refractivity contribution is -0.142. The molecule has 0 bridgehead atoms. The van der Waals surface area contributed by atoms with Crippen molar-refractivity contribution in [2.45, 2.75) is 295 Å². The summed E-state index contributed by atoms with van der Waals surface area (Å²) in [6.07, 6.45) is 6.62. The predicted octanol–water partition coefficient (Wildman–Crippen LogP) is 1.29. The number of allylic oxidation sites excluding steroid dienone is 2. The SMILES string of the molecule is CC(=O)N[C@@H](CC(C)C)C(=O)N[C@H](C(=O)C(=O)[C@H](Cc1ccccc1)NN[C@]1(C)CCCCCC/C=C/CCC[C@@](C)(C(=O)N[C@@H](CO)C(=O)CN[C@@H](C)C(=O)CCN[C@@H](C)C(=O)CN)NC(=O)[C@H](CCC(C)C)NN[C@@H](CCC(N)=O)C(=O)CN[C@@H](C)C(=O)CC(=O)[C@H](Cc2c[nH]c3ccccc23)NC(=O)[C@H](Cc2ccc(O)cc2)NCC(=O)[C@H](C)NCC1=O)[C@@H](C)O. The van der Waals surface area contributed by atoms with Crippen LogP contribution in [0.3, 0.4) is 0 Å². The Morgan fingerprint density at radius 2 is 1.22 bits per heavy atom. The van der Waals surface area contributed by atoms with Gasteiger partial charge in [-0.05, 0) is 172 Å². The number of phenolic OH excluding ortho intramolecular Hbond substituents is 1. The van der Waals surface area contributed by atoms with E-state index in [4.69, 9.17) is 11.5 Å². The maximum atomic E-state index is 15.1. The summed E-state index contributed by atoms with van der Waals surface area (Å²) in [5, 5.41) is 60.9. The summed E-state index contributed by atoms with van der Waals surface area (Å²) in [6.45, 7) is 16.3. The minimum absolute atomic E-state index is 0.00522. The molecule has 22 N–H and O–H groups in total. The number of nitrogens with one attached hydrogen (secondary N) is 15. The van der Waals surface area contributed by atoms with Crippen LogP contribution in [-0.2, 0) is 96.0 Å². The van der Waals surface area contributed by atoms with Gasteiger partial charge in [-0.2, -0.15) is 0 Å². The molecule has 129 heavy (non-hydrogen) atoms. The number of nitrogens with two attached hydrogens (primary N) is 2. The van der Waals surface area contributed by atoms with Gasteiger partial charge in [-0.3, -0.25) is 82.0 Å². The number of aromatic nitrogens is 1. The standard InChI is InChI=1S/C93H141N17O19/c1-55(2)31-36-70-90(128)106-93(12,91(129)104-75(54-111)82(121)52-97-57(5)76(115)39-42-96-59(7)79(118)48-94)41-26-19-17-15-13-14-16-18-25-40-92(11,110-109-72(44-63-27-21-20-22-28-63)86(124)87(125)85(61(9)112)105-89(127)74(43-56(3)4)102-62(10)113)83(122)53-99-60(8)80(119)50-101-73(45-64-32-34-66(114)35-33-64)88(126)103-71(46-65-49-100-68-30-24-23-29-67(65)68)78(117)47-77(116)58(6)98-51-81(120)69(107-108-70)37-38-84(95)123/h15,17,20-24,27-30,32-35,49,55-61,69-75,85,96-101,107-112,114H,13-14,16,18-19,25-26,31,36-48,50-54,94H2,1-12H3,(H2,95,123)(H,102,113)(H,103,126)(H,104,129)(H,105,127)(H,106,128)/b17-15+/t57-,58-,59-,60-,61+,69-,70-,71-,72-,73-,74-,75-,85-,92+,93-/m0/s1. The van der Waals surface area contributed by atoms with Crippen molar-refractivity contribution < 1.29 is 92.0 Å². The first-order chi connectivity index (χ1) is 61.1. The molecule has 4 aromatic rings. The molecule has 0 spiro atoms. The third-order valence-electron chi connectivity index (χ3n) is 23.1. The number of para-hydroxylation sites is 1. The van der Waals surface area contributed by atoms with Gasteiger partial charge in [0.1, 0.15) is 29.4 Å². The number of ketones is 10. The molecule has 2 heterocycles. The van der Waals surface area contributed by atoms with Crippen LogP contribution in [0.5, 0.6) is 5.75 Å². The average molecular weight is 1800 g/mol. The third kappa shape index (κ3) is 38.0. The number of carbonyl (C=O) groups excluding carboxylic acids is 16. The van der Waals surface area contributed by atoms with Crippen molar-refractivity contribution >= 4 is 104 Å². The predicted molar refractivity (Wildman–Crippen MR) is 488 cm³/mol. The molecule has 1 aliphatic heterocycles. The second-order valence-corrected chi connectivity index (χ2v) is 35.1. The highest BCUT2D eigenvalue weighted by atomic mass is 16.3. The van der Waals surface area contributed by atoms with E-state index in [0.29, 0.717) is 72.5 Å². The van der Waals surface area contributed by atoms with Crippen molar-refractivity contribution in [3.05, 3.63) is 114 Å². The van der Waals surface area contributed by atoms with Crippen LogP contribution in [0.4, 0.5) is 0 Å². The summed E-state index contributed by atoms with van der Waals surface area (Å²) in [5.74, 6) is -11.1. The maximum Gasteiger partial charge on any atom is 0.246 e. The van der Waals surface area contributed by atoms with E-state index in [1.165, 1.54) is 53.7 Å². The summed E-state index contributed by atoms with van der Waals surface area (Å²) in [6, 6.07) is 7.18. The fourth-order valence-corrected chi connectivity index (χ4v) is 14.6. The molecule has 1 aliphatic rings. The van der Waals surface area contributed by atoms with Gasteiger partial charge in [-0.15, -0.1) is 0 Å². The Hall–Kier alpha value is -10.2. The molecular weight excluding hydrogens is 1660 g/mol.